The standard InChI is InChI=1S/C62H79F2N8O13PS2/c1-36(38-18-20-40(21-19-38)52-37(2)66-35-87-52)67-55(76)45-29-43(73)31-71(45)58(79)53(60(3,4)5)68-50(74)17-13-10-14-24-65-51(75)34-85-44-30-46(57(78)70-25-26-84-47(33-70)39-15-11-9-12-16-39)72(32-44)59(80)54(61(6,7)8)69-56(77)49-28-41-27-42(22-23-48(41)88-49)62(63,64)86(81,82)83/h9,11-12,15-16,18-23,27-28,35-36,43-47,53-54,73H,10,13-14,17,24-26,29-34H2,1-8H3,(H,65,75)(H,67,76)(H,68,74)(H,69,77)(H2,81,82,83)/t36-,43+,44-,45-,46-,47-,53+,54+/m0/s1. The fourth-order valence-corrected chi connectivity index (χ4v) is 13.4. The SMILES string of the molecule is Cc1ncsc1-c1ccc([C@H](C)NC(=O)[C@@H]2C[C@@H](O)CN2C(=O)[C@@H](NC(=O)CCCCCNC(=O)CO[C@H]2C[C@@H](C(=O)N3CCO[C@H](c4ccccc4)C3)N(C(=O)[C@@H](NC(=O)c3cc4cc(C(F)(F)P(=O)(O)O)ccc4s3)C(C)(C)C)C2)C(C)(C)C)cc1. The molecule has 21 nitrogen and oxygen atoms in total. The van der Waals surface area contributed by atoms with Gasteiger partial charge in [-0.15, -0.1) is 22.7 Å². The van der Waals surface area contributed by atoms with Crippen LogP contribution in [0.25, 0.3) is 20.5 Å². The van der Waals surface area contributed by atoms with Crippen molar-refractivity contribution in [3.05, 3.63) is 112 Å². The number of unbranched alkanes of at least 4 members (excludes halogenated alkanes) is 2. The molecule has 3 aliphatic heterocycles. The quantitative estimate of drug-likeness (QED) is 0.0264. The number of carbonyl (C=O) groups excluding carboxylic acids is 7. The Morgan fingerprint density at radius 1 is 0.807 bits per heavy atom. The zero-order valence-corrected chi connectivity index (χ0v) is 53.2. The number of nitrogens with zero attached hydrogens (tertiary/aromatic N) is 4. The minimum absolute atomic E-state index is 0.0255. The van der Waals surface area contributed by atoms with Crippen molar-refractivity contribution in [3.63, 3.8) is 0 Å². The van der Waals surface area contributed by atoms with Crippen molar-refractivity contribution in [3.8, 4) is 10.4 Å². The maximum absolute atomic E-state index is 14.9. The molecule has 3 saturated heterocycles. The van der Waals surface area contributed by atoms with Crippen LogP contribution < -0.4 is 21.3 Å². The summed E-state index contributed by atoms with van der Waals surface area (Å²) < 4.78 is 53.4. The molecule has 8 rings (SSSR count). The van der Waals surface area contributed by atoms with Gasteiger partial charge in [0.05, 0.1) is 52.4 Å². The van der Waals surface area contributed by atoms with Crippen molar-refractivity contribution in [2.75, 3.05) is 45.9 Å². The molecule has 0 aliphatic carbocycles. The van der Waals surface area contributed by atoms with E-state index in [9.17, 15) is 61.8 Å². The number of hydrogen-bond donors (Lipinski definition) is 7. The van der Waals surface area contributed by atoms with Crippen LogP contribution in [0.5, 0.6) is 0 Å². The Morgan fingerprint density at radius 3 is 2.12 bits per heavy atom. The topological polar surface area (TPSA) is 286 Å². The average Bonchev–Trinajstić information content (AvgIpc) is 4.15. The molecule has 0 unspecified atom stereocenters. The summed E-state index contributed by atoms with van der Waals surface area (Å²) >= 11 is 2.48. The number of likely N-dealkylation sites (tertiary alicyclic amines) is 2. The Hall–Kier alpha value is -6.57. The van der Waals surface area contributed by atoms with E-state index in [2.05, 4.69) is 26.3 Å². The number of carbonyl (C=O) groups is 7. The molecule has 0 spiro atoms. The predicted molar refractivity (Wildman–Crippen MR) is 328 cm³/mol. The van der Waals surface area contributed by atoms with Crippen LogP contribution in [0.2, 0.25) is 0 Å². The number of thiophene rings is 1. The van der Waals surface area contributed by atoms with Gasteiger partial charge in [0, 0.05) is 55.7 Å². The number of hydrogen-bond acceptors (Lipinski definition) is 14. The van der Waals surface area contributed by atoms with Crippen molar-refractivity contribution >= 4 is 81.7 Å². The molecular weight excluding hydrogens is 1200 g/mol. The maximum atomic E-state index is 14.9. The zero-order valence-electron chi connectivity index (χ0n) is 50.6. The van der Waals surface area contributed by atoms with Crippen LogP contribution in [-0.2, 0) is 48.5 Å². The van der Waals surface area contributed by atoms with Crippen molar-refractivity contribution < 1.29 is 71.3 Å². The Morgan fingerprint density at radius 2 is 1.48 bits per heavy atom. The van der Waals surface area contributed by atoms with Gasteiger partial charge in [0.1, 0.15) is 36.9 Å². The van der Waals surface area contributed by atoms with Crippen molar-refractivity contribution in [2.45, 2.75) is 148 Å². The summed E-state index contributed by atoms with van der Waals surface area (Å²) in [7, 11) is -5.87. The van der Waals surface area contributed by atoms with Crippen molar-refractivity contribution in [1.82, 2.24) is 41.0 Å². The molecule has 0 saturated carbocycles. The van der Waals surface area contributed by atoms with Crippen LogP contribution >= 0.6 is 30.3 Å². The van der Waals surface area contributed by atoms with Gasteiger partial charge in [-0.3, -0.25) is 38.1 Å². The molecule has 8 atom stereocenters. The van der Waals surface area contributed by atoms with E-state index < -0.39 is 114 Å². The molecule has 26 heteroatoms. The smallest absolute Gasteiger partial charge is 0.391 e. The molecular formula is C62H79F2N8O13PS2. The number of aryl methyl sites for hydroxylation is 1. The summed E-state index contributed by atoms with van der Waals surface area (Å²) in [4.78, 5) is 127. The third kappa shape index (κ3) is 16.2. The van der Waals surface area contributed by atoms with Gasteiger partial charge in [-0.2, -0.15) is 8.78 Å². The second-order valence-corrected chi connectivity index (χ2v) is 28.6. The Bertz CT molecular complexity index is 3390. The molecule has 5 heterocycles. The third-order valence-electron chi connectivity index (χ3n) is 16.1. The average molecular weight is 1280 g/mol. The number of benzene rings is 3. The van der Waals surface area contributed by atoms with Crippen molar-refractivity contribution in [2.24, 2.45) is 10.8 Å². The molecule has 3 aromatic carbocycles. The molecule has 2 aromatic heterocycles. The fourth-order valence-electron chi connectivity index (χ4n) is 11.2. The van der Waals surface area contributed by atoms with Gasteiger partial charge in [-0.25, -0.2) is 4.98 Å². The number of nitrogens with one attached hydrogen (secondary N) is 4. The number of amides is 7. The van der Waals surface area contributed by atoms with Gasteiger partial charge >= 0.3 is 13.3 Å². The first-order valence-electron chi connectivity index (χ1n) is 29.4. The maximum Gasteiger partial charge on any atom is 0.399 e. The molecule has 3 fully saturated rings. The largest absolute Gasteiger partial charge is 0.399 e. The minimum Gasteiger partial charge on any atom is -0.391 e. The monoisotopic (exact) mass is 1280 g/mol. The number of aliphatic hydroxyl groups is 1. The van der Waals surface area contributed by atoms with Crippen LogP contribution in [0, 0.1) is 17.8 Å². The Kier molecular flexibility index (Phi) is 21.5. The highest BCUT2D eigenvalue weighted by atomic mass is 32.1. The molecule has 5 aromatic rings. The number of halogens is 2. The third-order valence-corrected chi connectivity index (χ3v) is 19.2. The van der Waals surface area contributed by atoms with Crippen molar-refractivity contribution in [1.29, 1.82) is 0 Å². The number of aliphatic hydroxyl groups excluding tert-OH is 1. The molecule has 7 N–H and O–H groups in total. The summed E-state index contributed by atoms with van der Waals surface area (Å²) in [6.45, 7) is 14.7. The number of morpholine rings is 1. The number of fused-ring (bicyclic) bond motifs is 1. The number of aromatic nitrogens is 1. The highest BCUT2D eigenvalue weighted by Crippen LogP contribution is 2.59. The number of ether oxygens (including phenoxy) is 2. The van der Waals surface area contributed by atoms with Gasteiger partial charge in [-0.05, 0) is 77.8 Å². The fraction of sp³-hybridized carbons (Fsp3) is 0.516. The van der Waals surface area contributed by atoms with E-state index in [0.717, 1.165) is 50.7 Å². The number of alkyl halides is 2. The van der Waals surface area contributed by atoms with Crippen LogP contribution in [0.4, 0.5) is 8.78 Å². The van der Waals surface area contributed by atoms with E-state index in [1.54, 1.807) is 42.5 Å². The normalized spacial score (nSPS) is 20.3. The second kappa shape index (κ2) is 28.1. The molecule has 476 valence electrons. The molecule has 3 aliphatic rings. The van der Waals surface area contributed by atoms with E-state index in [4.69, 9.17) is 9.47 Å². The summed E-state index contributed by atoms with van der Waals surface area (Å²) in [5.41, 5.74) is -1.64. The first-order chi connectivity index (χ1) is 41.4. The minimum atomic E-state index is -5.87. The van der Waals surface area contributed by atoms with E-state index in [-0.39, 0.29) is 80.7 Å². The van der Waals surface area contributed by atoms with E-state index in [1.807, 2.05) is 89.2 Å². The van der Waals surface area contributed by atoms with Gasteiger partial charge in [0.2, 0.25) is 35.4 Å². The van der Waals surface area contributed by atoms with Crippen LogP contribution in [0.15, 0.2) is 84.4 Å². The molecule has 88 heavy (non-hydrogen) atoms. The Labute approximate surface area is 518 Å². The van der Waals surface area contributed by atoms with Crippen LogP contribution in [-0.4, -0.2) is 158 Å². The van der Waals surface area contributed by atoms with Gasteiger partial charge in [-0.1, -0.05) is 109 Å². The van der Waals surface area contributed by atoms with E-state index in [0.29, 0.717) is 24.0 Å². The first-order valence-corrected chi connectivity index (χ1v) is 32.7. The summed E-state index contributed by atoms with van der Waals surface area (Å²) in [6, 6.07) is 16.9. The summed E-state index contributed by atoms with van der Waals surface area (Å²) in [5.74, 6) is -3.42. The summed E-state index contributed by atoms with van der Waals surface area (Å²) in [5, 5.41) is 22.4. The van der Waals surface area contributed by atoms with Crippen LogP contribution in [0.1, 0.15) is 131 Å². The highest BCUT2D eigenvalue weighted by molar-refractivity contribution is 7.52. The number of rotatable bonds is 22. The molecule has 7 amide bonds. The lowest BCUT2D eigenvalue weighted by Crippen LogP contribution is -2.58. The number of thiazole rings is 1. The lowest BCUT2D eigenvalue weighted by molar-refractivity contribution is -0.150. The first kappa shape index (κ1) is 67.4. The lowest BCUT2D eigenvalue weighted by atomic mass is 9.85. The second-order valence-electron chi connectivity index (χ2n) is 25.0. The molecule has 0 bridgehead atoms. The van der Waals surface area contributed by atoms with Gasteiger partial charge in [0.15, 0.2) is 0 Å². The van der Waals surface area contributed by atoms with E-state index >= 15 is 0 Å². The zero-order chi connectivity index (χ0) is 64.0. The Balaban J connectivity index is 0.835. The highest BCUT2D eigenvalue weighted by Gasteiger charge is 2.51. The number of β-amino-alcohol motifs (C(OH)–C–C–N with tert-alkyl or cyclic N) is 1. The predicted octanol–water partition coefficient (Wildman–Crippen LogP) is 7.34. The van der Waals surface area contributed by atoms with Crippen LogP contribution in [0.3, 0.4) is 0 Å². The summed E-state index contributed by atoms with van der Waals surface area (Å²) in [6.07, 6.45) is -0.535. The van der Waals surface area contributed by atoms with Gasteiger partial charge < -0.3 is 60.3 Å². The molecule has 0 radical (unpaired) electrons. The van der Waals surface area contributed by atoms with E-state index in [1.165, 1.54) is 21.9 Å². The lowest BCUT2D eigenvalue weighted by Gasteiger charge is -2.38. The van der Waals surface area contributed by atoms with Gasteiger partial charge in [0.25, 0.3) is 5.91 Å².